The lowest BCUT2D eigenvalue weighted by Crippen LogP contribution is -2.17. The second-order valence-electron chi connectivity index (χ2n) is 3.80. The van der Waals surface area contributed by atoms with Crippen LogP contribution in [0.2, 0.25) is 0 Å². The number of imidazole rings is 1. The molecule has 2 rings (SSSR count). The van der Waals surface area contributed by atoms with Crippen molar-refractivity contribution >= 4 is 11.6 Å². The minimum absolute atomic E-state index is 0.0281. The maximum absolute atomic E-state index is 13.3. The zero-order valence-electron chi connectivity index (χ0n) is 9.65. The van der Waals surface area contributed by atoms with E-state index in [4.69, 9.17) is 0 Å². The predicted octanol–water partition coefficient (Wildman–Crippen LogP) is 1.88. The summed E-state index contributed by atoms with van der Waals surface area (Å²) in [4.78, 5) is 15.6. The van der Waals surface area contributed by atoms with E-state index in [1.165, 1.54) is 6.07 Å². The minimum atomic E-state index is -0.803. The fourth-order valence-corrected chi connectivity index (χ4v) is 1.50. The fourth-order valence-electron chi connectivity index (χ4n) is 1.50. The Morgan fingerprint density at radius 3 is 2.83 bits per heavy atom. The molecule has 2 aromatic rings. The van der Waals surface area contributed by atoms with Gasteiger partial charge in [-0.2, -0.15) is 0 Å². The molecule has 0 saturated heterocycles. The zero-order valence-corrected chi connectivity index (χ0v) is 9.65. The zero-order chi connectivity index (χ0) is 13.1. The van der Waals surface area contributed by atoms with Gasteiger partial charge < -0.3 is 9.88 Å². The van der Waals surface area contributed by atoms with Crippen LogP contribution >= 0.6 is 0 Å². The quantitative estimate of drug-likeness (QED) is 0.905. The third kappa shape index (κ3) is 2.71. The van der Waals surface area contributed by atoms with E-state index in [9.17, 15) is 13.6 Å². The molecule has 0 aliphatic heterocycles. The highest BCUT2D eigenvalue weighted by Crippen LogP contribution is 2.15. The summed E-state index contributed by atoms with van der Waals surface area (Å²) in [5.74, 6) is -1.33. The molecule has 0 aliphatic rings. The van der Waals surface area contributed by atoms with Gasteiger partial charge in [0.2, 0.25) is 5.91 Å². The lowest BCUT2D eigenvalue weighted by atomic mass is 10.3. The van der Waals surface area contributed by atoms with E-state index in [-0.39, 0.29) is 12.1 Å². The van der Waals surface area contributed by atoms with Crippen LogP contribution in [-0.4, -0.2) is 15.5 Å². The lowest BCUT2D eigenvalue weighted by Gasteiger charge is -2.06. The van der Waals surface area contributed by atoms with Gasteiger partial charge >= 0.3 is 0 Å². The summed E-state index contributed by atoms with van der Waals surface area (Å²) in [6.07, 6.45) is 3.31. The maximum Gasteiger partial charge on any atom is 0.232 e. The second kappa shape index (κ2) is 4.95. The average Bonchev–Trinajstić information content (AvgIpc) is 2.69. The lowest BCUT2D eigenvalue weighted by molar-refractivity contribution is -0.115. The Kier molecular flexibility index (Phi) is 3.36. The Morgan fingerprint density at radius 2 is 2.22 bits per heavy atom. The van der Waals surface area contributed by atoms with Crippen molar-refractivity contribution in [3.63, 3.8) is 0 Å². The van der Waals surface area contributed by atoms with Crippen molar-refractivity contribution in [1.82, 2.24) is 9.55 Å². The van der Waals surface area contributed by atoms with Crippen LogP contribution in [0.1, 0.15) is 5.82 Å². The second-order valence-corrected chi connectivity index (χ2v) is 3.80. The van der Waals surface area contributed by atoms with Crippen molar-refractivity contribution < 1.29 is 13.6 Å². The molecule has 0 saturated carbocycles. The highest BCUT2D eigenvalue weighted by Gasteiger charge is 2.10. The number of hydrogen-bond acceptors (Lipinski definition) is 2. The van der Waals surface area contributed by atoms with Crippen LogP contribution in [0.4, 0.5) is 14.5 Å². The Bertz CT molecular complexity index is 580. The number of aryl methyl sites for hydroxylation is 1. The van der Waals surface area contributed by atoms with Gasteiger partial charge in [-0.1, -0.05) is 0 Å². The molecule has 6 heteroatoms. The molecule has 0 unspecified atom stereocenters. The van der Waals surface area contributed by atoms with Gasteiger partial charge in [0.25, 0.3) is 0 Å². The van der Waals surface area contributed by atoms with Crippen LogP contribution in [0.15, 0.2) is 30.6 Å². The van der Waals surface area contributed by atoms with Crippen LogP contribution in [-0.2, 0) is 18.3 Å². The Morgan fingerprint density at radius 1 is 1.44 bits per heavy atom. The molecule has 0 radical (unpaired) electrons. The van der Waals surface area contributed by atoms with Gasteiger partial charge in [0.05, 0.1) is 12.1 Å². The monoisotopic (exact) mass is 251 g/mol. The van der Waals surface area contributed by atoms with Crippen LogP contribution in [0.25, 0.3) is 0 Å². The van der Waals surface area contributed by atoms with E-state index in [0.717, 1.165) is 12.1 Å². The molecule has 0 spiro atoms. The molecule has 1 aromatic heterocycles. The summed E-state index contributed by atoms with van der Waals surface area (Å²) in [6, 6.07) is 2.98. The van der Waals surface area contributed by atoms with Crippen molar-refractivity contribution in [2.24, 2.45) is 7.05 Å². The van der Waals surface area contributed by atoms with Crippen molar-refractivity contribution in [3.05, 3.63) is 48.1 Å². The molecule has 4 nitrogen and oxygen atoms in total. The minimum Gasteiger partial charge on any atom is -0.338 e. The van der Waals surface area contributed by atoms with Crippen molar-refractivity contribution in [2.75, 3.05) is 5.32 Å². The number of aromatic nitrogens is 2. The normalized spacial score (nSPS) is 10.4. The summed E-state index contributed by atoms with van der Waals surface area (Å²) in [5, 5.41) is 2.37. The summed E-state index contributed by atoms with van der Waals surface area (Å²) in [6.45, 7) is 0. The van der Waals surface area contributed by atoms with Gasteiger partial charge in [-0.3, -0.25) is 4.79 Å². The van der Waals surface area contributed by atoms with Gasteiger partial charge in [0.15, 0.2) is 0 Å². The summed E-state index contributed by atoms with van der Waals surface area (Å²) in [7, 11) is 1.76. The predicted molar refractivity (Wildman–Crippen MR) is 61.9 cm³/mol. The summed E-state index contributed by atoms with van der Waals surface area (Å²) in [5.41, 5.74) is -0.0457. The van der Waals surface area contributed by atoms with Gasteiger partial charge in [-0.05, 0) is 12.1 Å². The Balaban J connectivity index is 2.05. The Hall–Kier alpha value is -2.24. The Labute approximate surface area is 102 Å². The topological polar surface area (TPSA) is 46.9 Å². The number of benzene rings is 1. The van der Waals surface area contributed by atoms with Crippen LogP contribution in [0.3, 0.4) is 0 Å². The molecule has 94 valence electrons. The first-order valence-corrected chi connectivity index (χ1v) is 5.27. The summed E-state index contributed by atoms with van der Waals surface area (Å²) >= 11 is 0. The molecule has 1 amide bonds. The number of nitrogens with one attached hydrogen (secondary N) is 1. The van der Waals surface area contributed by atoms with E-state index >= 15 is 0 Å². The van der Waals surface area contributed by atoms with E-state index < -0.39 is 17.5 Å². The molecular formula is C12H11F2N3O. The first-order valence-electron chi connectivity index (χ1n) is 5.27. The van der Waals surface area contributed by atoms with Crippen molar-refractivity contribution in [1.29, 1.82) is 0 Å². The number of carbonyl (C=O) groups is 1. The van der Waals surface area contributed by atoms with Crippen molar-refractivity contribution in [3.8, 4) is 0 Å². The van der Waals surface area contributed by atoms with Crippen molar-refractivity contribution in [2.45, 2.75) is 6.42 Å². The maximum atomic E-state index is 13.3. The number of halogens is 2. The number of hydrogen-bond donors (Lipinski definition) is 1. The number of anilines is 1. The first kappa shape index (κ1) is 12.2. The number of carbonyl (C=O) groups excluding carboxylic acids is 1. The number of nitrogens with zero attached hydrogens (tertiary/aromatic N) is 2. The van der Waals surface area contributed by atoms with E-state index in [1.54, 1.807) is 24.0 Å². The molecule has 1 heterocycles. The molecule has 0 bridgehead atoms. The van der Waals surface area contributed by atoms with Crippen LogP contribution in [0, 0.1) is 11.6 Å². The SMILES string of the molecule is Cn1ccnc1CC(=O)Nc1ccc(F)cc1F. The van der Waals surface area contributed by atoms with Gasteiger partial charge in [-0.15, -0.1) is 0 Å². The highest BCUT2D eigenvalue weighted by atomic mass is 19.1. The number of amides is 1. The highest BCUT2D eigenvalue weighted by molar-refractivity contribution is 5.91. The van der Waals surface area contributed by atoms with Crippen LogP contribution < -0.4 is 5.32 Å². The van der Waals surface area contributed by atoms with E-state index in [2.05, 4.69) is 10.3 Å². The smallest absolute Gasteiger partial charge is 0.232 e. The van der Waals surface area contributed by atoms with Gasteiger partial charge in [0.1, 0.15) is 17.5 Å². The number of rotatable bonds is 3. The van der Waals surface area contributed by atoms with Gasteiger partial charge in [-0.25, -0.2) is 13.8 Å². The molecule has 1 aromatic carbocycles. The molecule has 18 heavy (non-hydrogen) atoms. The average molecular weight is 251 g/mol. The third-order valence-corrected chi connectivity index (χ3v) is 2.44. The molecule has 0 aliphatic carbocycles. The molecular weight excluding hydrogens is 240 g/mol. The van der Waals surface area contributed by atoms with E-state index in [1.807, 2.05) is 0 Å². The largest absolute Gasteiger partial charge is 0.338 e. The third-order valence-electron chi connectivity index (χ3n) is 2.44. The van der Waals surface area contributed by atoms with Crippen LogP contribution in [0.5, 0.6) is 0 Å². The van der Waals surface area contributed by atoms with E-state index in [0.29, 0.717) is 5.82 Å². The first-order chi connectivity index (χ1) is 8.56. The fraction of sp³-hybridized carbons (Fsp3) is 0.167. The molecule has 1 N–H and O–H groups in total. The molecule has 0 atom stereocenters. The summed E-state index contributed by atoms with van der Waals surface area (Å²) < 4.78 is 27.7. The molecule has 0 fully saturated rings. The standard InChI is InChI=1S/C12H11F2N3O/c1-17-5-4-15-11(17)7-12(18)16-10-3-2-8(13)6-9(10)14/h2-6H,7H2,1H3,(H,16,18). The van der Waals surface area contributed by atoms with Gasteiger partial charge in [0, 0.05) is 25.5 Å².